The molecule has 0 amide bonds. The summed E-state index contributed by atoms with van der Waals surface area (Å²) >= 11 is 0. The molecule has 0 aromatic rings. The van der Waals surface area contributed by atoms with Gasteiger partial charge in [-0.15, -0.1) is 0 Å². The fourth-order valence-electron chi connectivity index (χ4n) is 9.04. The van der Waals surface area contributed by atoms with E-state index in [1.807, 2.05) is 44.6 Å². The Balaban J connectivity index is 1.51. The Hall–Kier alpha value is -1.04. The first-order valence-corrected chi connectivity index (χ1v) is 10.8. The Morgan fingerprint density at radius 1 is 0.250 bits per heavy atom. The molecular weight excluding hydrogens is 288 g/mol. The van der Waals surface area contributed by atoms with E-state index in [9.17, 15) is 0 Å². The lowest BCUT2D eigenvalue weighted by atomic mass is 9.80. The second-order valence-corrected chi connectivity index (χ2v) is 10.8. The molecule has 0 aliphatic heterocycles. The first-order chi connectivity index (χ1) is 11.9. The molecule has 0 radical (unpaired) electrons. The molecule has 0 N–H and O–H groups in total. The highest BCUT2D eigenvalue weighted by Crippen LogP contribution is 2.74. The first-order valence-electron chi connectivity index (χ1n) is 10.8. The molecule has 0 spiro atoms. The quantitative estimate of drug-likeness (QED) is 0.566. The van der Waals surface area contributed by atoms with Crippen molar-refractivity contribution in [3.05, 3.63) is 44.6 Å². The summed E-state index contributed by atoms with van der Waals surface area (Å²) in [6.45, 7) is 0. The van der Waals surface area contributed by atoms with Crippen LogP contribution in [-0.2, 0) is 0 Å². The fourth-order valence-corrected chi connectivity index (χ4v) is 9.04. The number of rotatable bonds is 0. The van der Waals surface area contributed by atoms with Crippen LogP contribution in [0.3, 0.4) is 0 Å². The predicted molar refractivity (Wildman–Crippen MR) is 93.0 cm³/mol. The topological polar surface area (TPSA) is 0 Å². The van der Waals surface area contributed by atoms with Gasteiger partial charge in [0.1, 0.15) is 0 Å². The minimum absolute atomic E-state index is 0.986. The molecule has 0 nitrogen and oxygen atoms in total. The Morgan fingerprint density at radius 3 is 0.500 bits per heavy atom. The van der Waals surface area contributed by atoms with Crippen LogP contribution < -0.4 is 0 Å². The van der Waals surface area contributed by atoms with Gasteiger partial charge >= 0.3 is 0 Å². The summed E-state index contributed by atoms with van der Waals surface area (Å²) in [5.74, 6) is 7.88. The predicted octanol–water partition coefficient (Wildman–Crippen LogP) is 5.35. The zero-order valence-corrected chi connectivity index (χ0v) is 14.3. The van der Waals surface area contributed by atoms with Crippen LogP contribution in [0.4, 0.5) is 0 Å². The third kappa shape index (κ3) is 0.926. The highest BCUT2D eigenvalue weighted by Gasteiger charge is 2.61. The van der Waals surface area contributed by atoms with Gasteiger partial charge < -0.3 is 0 Å². The van der Waals surface area contributed by atoms with Crippen LogP contribution in [0, 0.1) is 47.3 Å². The van der Waals surface area contributed by atoms with Gasteiger partial charge in [-0.1, -0.05) is 0 Å². The van der Waals surface area contributed by atoms with Crippen LogP contribution in [0.2, 0.25) is 0 Å². The minimum atomic E-state index is 0.986. The molecular formula is C24H24. The molecule has 0 heterocycles. The van der Waals surface area contributed by atoms with Gasteiger partial charge in [0.25, 0.3) is 0 Å². The molecule has 0 heteroatoms. The van der Waals surface area contributed by atoms with E-state index in [1.54, 1.807) is 0 Å². The van der Waals surface area contributed by atoms with Crippen LogP contribution in [0.1, 0.15) is 51.4 Å². The lowest BCUT2D eigenvalue weighted by Gasteiger charge is -2.24. The summed E-state index contributed by atoms with van der Waals surface area (Å²) in [5.41, 5.74) is 15.9. The average molecular weight is 312 g/mol. The van der Waals surface area contributed by atoms with Crippen LogP contribution in [0.15, 0.2) is 44.6 Å². The van der Waals surface area contributed by atoms with Crippen molar-refractivity contribution in [3.63, 3.8) is 0 Å². The zero-order valence-electron chi connectivity index (χ0n) is 14.3. The fraction of sp³-hybridized carbons (Fsp3) is 0.667. The molecule has 13 aliphatic carbocycles. The molecule has 120 valence electrons. The standard InChI is InChI=1S/C24H24/c1-9-2-10(1)18-17(9)19-11-3-13(4-11)21(19)23-15-7-16(8-15)24(23)22-14-5-12(6-14)20(18)22/h9-16H,1-8H2/b19-17-,20-18-,23-21-,24-22-. The van der Waals surface area contributed by atoms with Crippen molar-refractivity contribution in [1.82, 2.24) is 0 Å². The molecule has 13 aliphatic rings. The largest absolute Gasteiger partial charge is 0.0394 e. The summed E-state index contributed by atoms with van der Waals surface area (Å²) in [7, 11) is 0. The molecule has 0 aromatic carbocycles. The van der Waals surface area contributed by atoms with Crippen LogP contribution in [0.5, 0.6) is 0 Å². The van der Waals surface area contributed by atoms with Crippen molar-refractivity contribution in [2.24, 2.45) is 47.3 Å². The lowest BCUT2D eigenvalue weighted by molar-refractivity contribution is 0.318. The van der Waals surface area contributed by atoms with E-state index >= 15 is 0 Å². The molecule has 12 saturated carbocycles. The normalized spacial score (nSPS) is 68.0. The second-order valence-electron chi connectivity index (χ2n) is 10.8. The highest BCUT2D eigenvalue weighted by atomic mass is 14.7. The molecule has 0 aromatic heterocycles. The summed E-state index contributed by atoms with van der Waals surface area (Å²) in [6, 6.07) is 0. The van der Waals surface area contributed by atoms with Crippen molar-refractivity contribution < 1.29 is 0 Å². The van der Waals surface area contributed by atoms with Gasteiger partial charge in [-0.25, -0.2) is 0 Å². The molecule has 12 fully saturated rings. The van der Waals surface area contributed by atoms with Crippen molar-refractivity contribution in [2.45, 2.75) is 51.4 Å². The summed E-state index contributed by atoms with van der Waals surface area (Å²) in [4.78, 5) is 0. The smallest absolute Gasteiger partial charge is 0.0144 e. The highest BCUT2D eigenvalue weighted by molar-refractivity contribution is 5.73. The van der Waals surface area contributed by atoms with Crippen molar-refractivity contribution in [2.75, 3.05) is 0 Å². The van der Waals surface area contributed by atoms with Gasteiger partial charge in [-0.05, 0) is 143 Å². The van der Waals surface area contributed by atoms with E-state index in [4.69, 9.17) is 0 Å². The first kappa shape index (κ1) is 11.6. The molecule has 0 saturated heterocycles. The number of hydrogen-bond acceptors (Lipinski definition) is 0. The van der Waals surface area contributed by atoms with Crippen LogP contribution in [-0.4, -0.2) is 0 Å². The van der Waals surface area contributed by atoms with Crippen molar-refractivity contribution in [3.8, 4) is 0 Å². The monoisotopic (exact) mass is 312 g/mol. The van der Waals surface area contributed by atoms with Gasteiger partial charge in [0.2, 0.25) is 0 Å². The van der Waals surface area contributed by atoms with Crippen LogP contribution >= 0.6 is 0 Å². The summed E-state index contributed by atoms with van der Waals surface area (Å²) in [6.07, 6.45) is 12.3. The van der Waals surface area contributed by atoms with Gasteiger partial charge in [-0.2, -0.15) is 0 Å². The molecule has 8 bridgehead atoms. The third-order valence-corrected chi connectivity index (χ3v) is 10.1. The van der Waals surface area contributed by atoms with E-state index in [0.29, 0.717) is 0 Å². The maximum Gasteiger partial charge on any atom is -0.0144 e. The van der Waals surface area contributed by atoms with Gasteiger partial charge in [0.05, 0.1) is 0 Å². The third-order valence-electron chi connectivity index (χ3n) is 10.1. The van der Waals surface area contributed by atoms with E-state index in [1.165, 1.54) is 51.4 Å². The Labute approximate surface area is 143 Å². The second kappa shape index (κ2) is 3.19. The summed E-state index contributed by atoms with van der Waals surface area (Å²) < 4.78 is 0. The maximum atomic E-state index is 1.98. The average Bonchev–Trinajstić information content (AvgIpc) is 3.18. The van der Waals surface area contributed by atoms with Crippen LogP contribution in [0.25, 0.3) is 0 Å². The Bertz CT molecular complexity index is 656. The van der Waals surface area contributed by atoms with Crippen molar-refractivity contribution >= 4 is 0 Å². The molecule has 13 rings (SSSR count). The molecule has 24 heavy (non-hydrogen) atoms. The van der Waals surface area contributed by atoms with Gasteiger partial charge in [0.15, 0.2) is 0 Å². The van der Waals surface area contributed by atoms with E-state index in [-0.39, 0.29) is 0 Å². The van der Waals surface area contributed by atoms with E-state index < -0.39 is 0 Å². The van der Waals surface area contributed by atoms with Crippen molar-refractivity contribution in [1.29, 1.82) is 0 Å². The van der Waals surface area contributed by atoms with E-state index in [2.05, 4.69) is 0 Å². The lowest BCUT2D eigenvalue weighted by Crippen LogP contribution is -2.14. The minimum Gasteiger partial charge on any atom is -0.0394 e. The SMILES string of the molecule is C1C2CC1C1=C3/C(=C4\C(=C5/C(=C\12)C1CC5C1)C1CC4C1)C1CC3C1. The number of hydrogen-bond donors (Lipinski definition) is 0. The number of allylic oxidation sites excluding steroid dienone is 8. The Kier molecular flexibility index (Phi) is 1.54. The zero-order chi connectivity index (χ0) is 14.9. The van der Waals surface area contributed by atoms with Gasteiger partial charge in [0, 0.05) is 0 Å². The maximum absolute atomic E-state index is 1.98. The summed E-state index contributed by atoms with van der Waals surface area (Å²) in [5, 5.41) is 0. The molecule has 0 unspecified atom stereocenters. The van der Waals surface area contributed by atoms with Gasteiger partial charge in [-0.3, -0.25) is 0 Å². The molecule has 0 atom stereocenters. The Morgan fingerprint density at radius 2 is 0.375 bits per heavy atom. The van der Waals surface area contributed by atoms with E-state index in [0.717, 1.165) is 47.3 Å².